The van der Waals surface area contributed by atoms with Crippen molar-refractivity contribution in [1.29, 1.82) is 0 Å². The van der Waals surface area contributed by atoms with Crippen LogP contribution in [0.3, 0.4) is 0 Å². The molecule has 0 atom stereocenters. The van der Waals surface area contributed by atoms with Crippen molar-refractivity contribution in [2.75, 3.05) is 13.6 Å². The topological polar surface area (TPSA) is 12.0 Å². The van der Waals surface area contributed by atoms with Crippen molar-refractivity contribution in [2.24, 2.45) is 0 Å². The summed E-state index contributed by atoms with van der Waals surface area (Å²) in [5.74, 6) is 6.07. The third-order valence-corrected chi connectivity index (χ3v) is 1.93. The largest absolute Gasteiger partial charge is 0.319 e. The van der Waals surface area contributed by atoms with Gasteiger partial charge in [-0.3, -0.25) is 0 Å². The maximum atomic E-state index is 5.92. The minimum absolute atomic E-state index is 0.722. The van der Waals surface area contributed by atoms with Crippen LogP contribution in [0.2, 0.25) is 5.02 Å². The van der Waals surface area contributed by atoms with E-state index >= 15 is 0 Å². The standard InChI is InChI=1S/C11H12ClN/c1-13-9-5-4-7-10-6-2-3-8-11(10)12/h2-3,6,8,13H,5,9H2,1H3. The van der Waals surface area contributed by atoms with Crippen molar-refractivity contribution in [3.8, 4) is 11.8 Å². The summed E-state index contributed by atoms with van der Waals surface area (Å²) in [5, 5.41) is 3.75. The molecule has 1 N–H and O–H groups in total. The zero-order valence-electron chi connectivity index (χ0n) is 7.60. The molecule has 0 aliphatic rings. The lowest BCUT2D eigenvalue weighted by atomic mass is 10.2. The van der Waals surface area contributed by atoms with Crippen LogP contribution in [-0.2, 0) is 0 Å². The molecule has 1 rings (SSSR count). The highest BCUT2D eigenvalue weighted by molar-refractivity contribution is 6.31. The molecule has 0 aromatic heterocycles. The van der Waals surface area contributed by atoms with Crippen molar-refractivity contribution in [3.05, 3.63) is 34.9 Å². The minimum atomic E-state index is 0.722. The van der Waals surface area contributed by atoms with Gasteiger partial charge in [-0.1, -0.05) is 35.6 Å². The van der Waals surface area contributed by atoms with Crippen molar-refractivity contribution < 1.29 is 0 Å². The molecule has 0 aliphatic heterocycles. The van der Waals surface area contributed by atoms with Crippen LogP contribution in [0.5, 0.6) is 0 Å². The van der Waals surface area contributed by atoms with Gasteiger partial charge in [0.1, 0.15) is 0 Å². The molecule has 0 spiro atoms. The van der Waals surface area contributed by atoms with Crippen LogP contribution in [0.25, 0.3) is 0 Å². The second kappa shape index (κ2) is 5.64. The van der Waals surface area contributed by atoms with Gasteiger partial charge in [-0.15, -0.1) is 0 Å². The number of rotatable bonds is 2. The Morgan fingerprint density at radius 1 is 1.38 bits per heavy atom. The lowest BCUT2D eigenvalue weighted by Crippen LogP contribution is -2.05. The second-order valence-electron chi connectivity index (χ2n) is 2.64. The average Bonchev–Trinajstić information content (AvgIpc) is 2.15. The molecule has 1 aromatic rings. The first-order valence-corrected chi connectivity index (χ1v) is 4.60. The number of halogens is 1. The number of hydrogen-bond donors (Lipinski definition) is 1. The van der Waals surface area contributed by atoms with Gasteiger partial charge in [0.2, 0.25) is 0 Å². The first-order valence-electron chi connectivity index (χ1n) is 4.22. The molecule has 0 aliphatic carbocycles. The number of hydrogen-bond acceptors (Lipinski definition) is 1. The highest BCUT2D eigenvalue weighted by Crippen LogP contribution is 2.12. The Bertz CT molecular complexity index is 322. The lowest BCUT2D eigenvalue weighted by molar-refractivity contribution is 0.818. The molecule has 0 radical (unpaired) electrons. The molecule has 0 unspecified atom stereocenters. The van der Waals surface area contributed by atoms with E-state index in [1.165, 1.54) is 0 Å². The zero-order chi connectivity index (χ0) is 9.52. The van der Waals surface area contributed by atoms with Gasteiger partial charge in [0.15, 0.2) is 0 Å². The molecule has 0 saturated heterocycles. The SMILES string of the molecule is CNCCC#Cc1ccccc1Cl. The molecular weight excluding hydrogens is 182 g/mol. The number of benzene rings is 1. The van der Waals surface area contributed by atoms with Crippen LogP contribution >= 0.6 is 11.6 Å². The Morgan fingerprint density at radius 2 is 2.15 bits per heavy atom. The van der Waals surface area contributed by atoms with Crippen LogP contribution in [0.15, 0.2) is 24.3 Å². The zero-order valence-corrected chi connectivity index (χ0v) is 8.36. The molecule has 0 fully saturated rings. The Morgan fingerprint density at radius 3 is 2.85 bits per heavy atom. The van der Waals surface area contributed by atoms with Crippen LogP contribution in [0.4, 0.5) is 0 Å². The number of nitrogens with one attached hydrogen (secondary N) is 1. The molecule has 1 aromatic carbocycles. The molecule has 0 heterocycles. The first-order chi connectivity index (χ1) is 6.34. The van der Waals surface area contributed by atoms with E-state index in [0.717, 1.165) is 23.6 Å². The second-order valence-corrected chi connectivity index (χ2v) is 3.04. The average molecular weight is 194 g/mol. The highest BCUT2D eigenvalue weighted by Gasteiger charge is 1.91. The Balaban J connectivity index is 2.61. The van der Waals surface area contributed by atoms with Crippen molar-refractivity contribution in [3.63, 3.8) is 0 Å². The third-order valence-electron chi connectivity index (χ3n) is 1.60. The fourth-order valence-corrected chi connectivity index (χ4v) is 1.09. The van der Waals surface area contributed by atoms with Gasteiger partial charge in [-0.25, -0.2) is 0 Å². The van der Waals surface area contributed by atoms with E-state index in [-0.39, 0.29) is 0 Å². The van der Waals surface area contributed by atoms with E-state index in [1.54, 1.807) is 0 Å². The van der Waals surface area contributed by atoms with Gasteiger partial charge < -0.3 is 5.32 Å². The van der Waals surface area contributed by atoms with E-state index in [0.29, 0.717) is 0 Å². The molecule has 0 amide bonds. The summed E-state index contributed by atoms with van der Waals surface area (Å²) in [6, 6.07) is 7.62. The van der Waals surface area contributed by atoms with Crippen molar-refractivity contribution in [2.45, 2.75) is 6.42 Å². The normalized spacial score (nSPS) is 9.08. The van der Waals surface area contributed by atoms with Gasteiger partial charge in [0.25, 0.3) is 0 Å². The fourth-order valence-electron chi connectivity index (χ4n) is 0.908. The highest BCUT2D eigenvalue weighted by atomic mass is 35.5. The summed E-state index contributed by atoms with van der Waals surface area (Å²) >= 11 is 5.92. The summed E-state index contributed by atoms with van der Waals surface area (Å²) in [6.07, 6.45) is 0.849. The maximum Gasteiger partial charge on any atom is 0.0562 e. The van der Waals surface area contributed by atoms with E-state index in [2.05, 4.69) is 17.2 Å². The van der Waals surface area contributed by atoms with Crippen LogP contribution < -0.4 is 5.32 Å². The predicted octanol–water partition coefficient (Wildman–Crippen LogP) is 2.30. The third kappa shape index (κ3) is 3.50. The monoisotopic (exact) mass is 193 g/mol. The summed E-state index contributed by atoms with van der Waals surface area (Å²) < 4.78 is 0. The Kier molecular flexibility index (Phi) is 4.39. The van der Waals surface area contributed by atoms with Crippen LogP contribution in [0, 0.1) is 11.8 Å². The van der Waals surface area contributed by atoms with Gasteiger partial charge in [0, 0.05) is 18.5 Å². The van der Waals surface area contributed by atoms with Gasteiger partial charge in [-0.05, 0) is 19.2 Å². The summed E-state index contributed by atoms with van der Waals surface area (Å²) in [7, 11) is 1.91. The summed E-state index contributed by atoms with van der Waals surface area (Å²) in [6.45, 7) is 0.914. The van der Waals surface area contributed by atoms with E-state index < -0.39 is 0 Å². The van der Waals surface area contributed by atoms with E-state index in [4.69, 9.17) is 11.6 Å². The van der Waals surface area contributed by atoms with Crippen molar-refractivity contribution >= 4 is 11.6 Å². The molecule has 68 valence electrons. The van der Waals surface area contributed by atoms with Gasteiger partial charge in [0.05, 0.1) is 5.02 Å². The molecule has 0 saturated carbocycles. The van der Waals surface area contributed by atoms with Crippen molar-refractivity contribution in [1.82, 2.24) is 5.32 Å². The smallest absolute Gasteiger partial charge is 0.0562 e. The van der Waals surface area contributed by atoms with Crippen LogP contribution in [0.1, 0.15) is 12.0 Å². The molecule has 1 nitrogen and oxygen atoms in total. The maximum absolute atomic E-state index is 5.92. The Hall–Kier alpha value is -0.970. The van der Waals surface area contributed by atoms with Gasteiger partial charge in [-0.2, -0.15) is 0 Å². The quantitative estimate of drug-likeness (QED) is 0.562. The summed E-state index contributed by atoms with van der Waals surface area (Å²) in [5.41, 5.74) is 0.903. The Labute approximate surface area is 84.1 Å². The van der Waals surface area contributed by atoms with E-state index in [1.807, 2.05) is 31.3 Å². The first kappa shape index (κ1) is 10.1. The predicted molar refractivity (Wildman–Crippen MR) is 56.9 cm³/mol. The molecule has 0 bridgehead atoms. The lowest BCUT2D eigenvalue weighted by Gasteiger charge is -1.92. The minimum Gasteiger partial charge on any atom is -0.319 e. The molecular formula is C11H12ClN. The molecule has 2 heteroatoms. The fraction of sp³-hybridized carbons (Fsp3) is 0.273. The van der Waals surface area contributed by atoms with Crippen LogP contribution in [-0.4, -0.2) is 13.6 Å². The summed E-state index contributed by atoms with van der Waals surface area (Å²) in [4.78, 5) is 0. The van der Waals surface area contributed by atoms with Gasteiger partial charge >= 0.3 is 0 Å². The molecule has 13 heavy (non-hydrogen) atoms. The van der Waals surface area contributed by atoms with E-state index in [9.17, 15) is 0 Å².